The van der Waals surface area contributed by atoms with E-state index in [0.717, 1.165) is 0 Å². The second-order valence-corrected chi connectivity index (χ2v) is 10.8. The monoisotopic (exact) mass is 538 g/mol. The number of aromatic nitrogens is 4. The molecule has 3 N–H and O–H groups in total. The number of nitrogens with one attached hydrogen (secondary N) is 1. The fraction of sp³-hybridized carbons (Fsp3) is 0.462. The Kier molecular flexibility index (Phi) is 7.73. The number of halogens is 1. The number of benzene rings is 1. The molecule has 11 nitrogen and oxygen atoms in total. The Morgan fingerprint density at radius 1 is 1.32 bits per heavy atom. The Morgan fingerprint density at radius 2 is 2.03 bits per heavy atom. The molecule has 1 aliphatic heterocycles. The van der Waals surface area contributed by atoms with Crippen molar-refractivity contribution in [1.82, 2.24) is 24.4 Å². The number of nitrogen functional groups attached to an aromatic ring is 1. The van der Waals surface area contributed by atoms with E-state index in [0.29, 0.717) is 54.2 Å². The number of carbonyl (C=O) groups excluding carboxylic acids is 1. The van der Waals surface area contributed by atoms with E-state index in [1.54, 1.807) is 27.7 Å². The first-order valence-corrected chi connectivity index (χ1v) is 12.8. The molecule has 200 valence electrons. The lowest BCUT2D eigenvalue weighted by atomic mass is 9.96. The number of anilines is 2. The summed E-state index contributed by atoms with van der Waals surface area (Å²) in [5.41, 5.74) is 5.63. The SMILES string of the molecule is CC(Nc1ncnc(N)c1C#N)c1nc2cccc(Cl)c2c(=O)n1CC1CCN(C(=O)OC(C)(C)C)CC1. The van der Waals surface area contributed by atoms with Crippen molar-refractivity contribution >= 4 is 40.2 Å². The van der Waals surface area contributed by atoms with Crippen molar-refractivity contribution in [3.05, 3.63) is 51.3 Å². The summed E-state index contributed by atoms with van der Waals surface area (Å²) >= 11 is 6.41. The molecule has 0 radical (unpaired) electrons. The lowest BCUT2D eigenvalue weighted by Gasteiger charge is -2.34. The van der Waals surface area contributed by atoms with Gasteiger partial charge in [0.2, 0.25) is 0 Å². The highest BCUT2D eigenvalue weighted by Crippen LogP contribution is 2.27. The number of hydrogen-bond acceptors (Lipinski definition) is 9. The molecule has 1 atom stereocenters. The van der Waals surface area contributed by atoms with Crippen LogP contribution in [0, 0.1) is 17.2 Å². The largest absolute Gasteiger partial charge is 0.444 e. The number of ether oxygens (including phenoxy) is 1. The number of hydrogen-bond donors (Lipinski definition) is 2. The van der Waals surface area contributed by atoms with Crippen molar-refractivity contribution in [3.63, 3.8) is 0 Å². The molecule has 38 heavy (non-hydrogen) atoms. The second-order valence-electron chi connectivity index (χ2n) is 10.4. The third kappa shape index (κ3) is 5.81. The molecule has 0 spiro atoms. The molecule has 2 aromatic heterocycles. The van der Waals surface area contributed by atoms with Gasteiger partial charge in [0.15, 0.2) is 0 Å². The summed E-state index contributed by atoms with van der Waals surface area (Å²) in [6, 6.07) is 6.66. The Hall–Kier alpha value is -3.91. The van der Waals surface area contributed by atoms with Crippen LogP contribution in [0.5, 0.6) is 0 Å². The maximum absolute atomic E-state index is 13.7. The van der Waals surface area contributed by atoms with E-state index in [1.807, 2.05) is 33.8 Å². The van der Waals surface area contributed by atoms with Gasteiger partial charge in [0.05, 0.1) is 22.0 Å². The first-order valence-electron chi connectivity index (χ1n) is 12.4. The molecule has 1 aromatic carbocycles. The average Bonchev–Trinajstić information content (AvgIpc) is 2.85. The van der Waals surface area contributed by atoms with E-state index >= 15 is 0 Å². The number of carbonyl (C=O) groups is 1. The van der Waals surface area contributed by atoms with Crippen molar-refractivity contribution in [2.45, 2.75) is 58.7 Å². The summed E-state index contributed by atoms with van der Waals surface area (Å²) < 4.78 is 7.14. The molecule has 3 heterocycles. The highest BCUT2D eigenvalue weighted by Gasteiger charge is 2.29. The maximum atomic E-state index is 13.7. The van der Waals surface area contributed by atoms with Gasteiger partial charge in [-0.3, -0.25) is 9.36 Å². The van der Waals surface area contributed by atoms with Crippen LogP contribution >= 0.6 is 11.6 Å². The van der Waals surface area contributed by atoms with Gasteiger partial charge < -0.3 is 20.7 Å². The number of amides is 1. The van der Waals surface area contributed by atoms with Gasteiger partial charge in [0.25, 0.3) is 5.56 Å². The molecule has 0 saturated carbocycles. The Balaban J connectivity index is 1.64. The van der Waals surface area contributed by atoms with Crippen LogP contribution in [0.4, 0.5) is 16.4 Å². The number of fused-ring (bicyclic) bond motifs is 1. The number of piperidine rings is 1. The first kappa shape index (κ1) is 27.1. The highest BCUT2D eigenvalue weighted by atomic mass is 35.5. The Morgan fingerprint density at radius 3 is 2.68 bits per heavy atom. The van der Waals surface area contributed by atoms with Crippen LogP contribution in [-0.4, -0.2) is 49.2 Å². The minimum atomic E-state index is -0.560. The molecular weight excluding hydrogens is 508 g/mol. The molecule has 1 amide bonds. The standard InChI is InChI=1S/C26H31ClN8O3/c1-15(32-22-17(12-28)21(29)30-14-31-22)23-33-19-7-5-6-18(27)20(19)24(36)35(23)13-16-8-10-34(11-9-16)25(37)38-26(2,3)4/h5-7,14-16H,8-11,13H2,1-4H3,(H3,29,30,31,32). The van der Waals surface area contributed by atoms with E-state index in [-0.39, 0.29) is 34.8 Å². The molecule has 1 saturated heterocycles. The number of nitrogens with zero attached hydrogens (tertiary/aromatic N) is 6. The summed E-state index contributed by atoms with van der Waals surface area (Å²) in [7, 11) is 0. The molecule has 1 fully saturated rings. The third-order valence-electron chi connectivity index (χ3n) is 6.40. The first-order chi connectivity index (χ1) is 18.0. The van der Waals surface area contributed by atoms with Gasteiger partial charge in [0.1, 0.15) is 41.0 Å². The van der Waals surface area contributed by atoms with Gasteiger partial charge >= 0.3 is 6.09 Å². The number of nitriles is 1. The lowest BCUT2D eigenvalue weighted by Crippen LogP contribution is -2.43. The van der Waals surface area contributed by atoms with Crippen molar-refractivity contribution in [2.24, 2.45) is 5.92 Å². The smallest absolute Gasteiger partial charge is 0.410 e. The molecule has 1 aliphatic rings. The fourth-order valence-corrected chi connectivity index (χ4v) is 4.77. The van der Waals surface area contributed by atoms with Crippen LogP contribution in [0.1, 0.15) is 58.0 Å². The number of rotatable bonds is 5. The lowest BCUT2D eigenvalue weighted by molar-refractivity contribution is 0.0177. The molecule has 0 bridgehead atoms. The van der Waals surface area contributed by atoms with Gasteiger partial charge in [-0.25, -0.2) is 19.7 Å². The topological polar surface area (TPSA) is 152 Å². The third-order valence-corrected chi connectivity index (χ3v) is 6.71. The van der Waals surface area contributed by atoms with Crippen LogP contribution in [0.25, 0.3) is 10.9 Å². The van der Waals surface area contributed by atoms with Crippen LogP contribution in [0.15, 0.2) is 29.3 Å². The zero-order valence-electron chi connectivity index (χ0n) is 21.9. The minimum Gasteiger partial charge on any atom is -0.444 e. The summed E-state index contributed by atoms with van der Waals surface area (Å²) in [4.78, 5) is 40.7. The molecule has 0 aliphatic carbocycles. The second kappa shape index (κ2) is 10.8. The van der Waals surface area contributed by atoms with E-state index < -0.39 is 11.6 Å². The van der Waals surface area contributed by atoms with Gasteiger partial charge in [0, 0.05) is 19.6 Å². The predicted molar refractivity (Wildman–Crippen MR) is 145 cm³/mol. The fourth-order valence-electron chi connectivity index (χ4n) is 4.52. The molecule has 4 rings (SSSR count). The zero-order valence-corrected chi connectivity index (χ0v) is 22.6. The molecule has 3 aromatic rings. The maximum Gasteiger partial charge on any atom is 0.410 e. The van der Waals surface area contributed by atoms with Crippen LogP contribution < -0.4 is 16.6 Å². The number of nitrogens with two attached hydrogens (primary N) is 1. The van der Waals surface area contributed by atoms with Crippen LogP contribution in [-0.2, 0) is 11.3 Å². The van der Waals surface area contributed by atoms with Gasteiger partial charge in [-0.2, -0.15) is 5.26 Å². The van der Waals surface area contributed by atoms with Crippen molar-refractivity contribution in [2.75, 3.05) is 24.1 Å². The van der Waals surface area contributed by atoms with E-state index in [9.17, 15) is 14.9 Å². The zero-order chi connectivity index (χ0) is 27.6. The van der Waals surface area contributed by atoms with Gasteiger partial charge in [-0.1, -0.05) is 17.7 Å². The normalized spacial score (nSPS) is 15.2. The van der Waals surface area contributed by atoms with Crippen LogP contribution in [0.2, 0.25) is 5.02 Å². The van der Waals surface area contributed by atoms with Gasteiger partial charge in [-0.05, 0) is 58.6 Å². The Labute approximate surface area is 225 Å². The quantitative estimate of drug-likeness (QED) is 0.488. The summed E-state index contributed by atoms with van der Waals surface area (Å²) in [5.74, 6) is 0.915. The Bertz CT molecular complexity index is 1450. The average molecular weight is 539 g/mol. The van der Waals surface area contributed by atoms with E-state index in [1.165, 1.54) is 6.33 Å². The number of likely N-dealkylation sites (tertiary alicyclic amines) is 1. The summed E-state index contributed by atoms with van der Waals surface area (Å²) in [5, 5.41) is 13.4. The van der Waals surface area contributed by atoms with E-state index in [4.69, 9.17) is 27.1 Å². The highest BCUT2D eigenvalue weighted by molar-refractivity contribution is 6.35. The molecule has 12 heteroatoms. The molecular formula is C26H31ClN8O3. The van der Waals surface area contributed by atoms with Crippen molar-refractivity contribution < 1.29 is 9.53 Å². The van der Waals surface area contributed by atoms with E-state index in [2.05, 4.69) is 15.3 Å². The van der Waals surface area contributed by atoms with Crippen molar-refractivity contribution in [1.29, 1.82) is 5.26 Å². The summed E-state index contributed by atoms with van der Waals surface area (Å²) in [6.45, 7) is 8.82. The van der Waals surface area contributed by atoms with Crippen LogP contribution in [0.3, 0.4) is 0 Å². The minimum absolute atomic E-state index is 0.0598. The van der Waals surface area contributed by atoms with Crippen molar-refractivity contribution in [3.8, 4) is 6.07 Å². The molecule has 1 unspecified atom stereocenters. The summed E-state index contributed by atoms with van der Waals surface area (Å²) in [6.07, 6.45) is 2.34. The van der Waals surface area contributed by atoms with Gasteiger partial charge in [-0.15, -0.1) is 0 Å². The predicted octanol–water partition coefficient (Wildman–Crippen LogP) is 4.11.